The molecule has 0 radical (unpaired) electrons. The first-order valence-electron chi connectivity index (χ1n) is 6.45. The van der Waals surface area contributed by atoms with Crippen molar-refractivity contribution >= 4 is 17.2 Å². The molecule has 0 fully saturated rings. The number of aryl methyl sites for hydroxylation is 1. The zero-order valence-electron chi connectivity index (χ0n) is 11.3. The molecule has 5 heteroatoms. The summed E-state index contributed by atoms with van der Waals surface area (Å²) in [6, 6.07) is 6.05. The van der Waals surface area contributed by atoms with Crippen LogP contribution in [0.15, 0.2) is 29.8 Å². The number of hydrogen-bond acceptors (Lipinski definition) is 3. The smallest absolute Gasteiger partial charge is 0.223 e. The van der Waals surface area contributed by atoms with Crippen molar-refractivity contribution in [1.29, 1.82) is 0 Å². The van der Waals surface area contributed by atoms with Gasteiger partial charge in [0.1, 0.15) is 0 Å². The van der Waals surface area contributed by atoms with Crippen molar-refractivity contribution in [2.24, 2.45) is 5.92 Å². The Morgan fingerprint density at radius 2 is 2.37 bits per heavy atom. The maximum atomic E-state index is 11.9. The number of carbonyl (C=O) groups is 1. The van der Waals surface area contributed by atoms with E-state index < -0.39 is 0 Å². The predicted octanol–water partition coefficient (Wildman–Crippen LogP) is 2.25. The van der Waals surface area contributed by atoms with Gasteiger partial charge in [-0.15, -0.1) is 11.3 Å². The molecule has 2 aromatic rings. The zero-order valence-corrected chi connectivity index (χ0v) is 12.1. The maximum absolute atomic E-state index is 11.9. The van der Waals surface area contributed by atoms with E-state index in [0.717, 1.165) is 12.1 Å². The van der Waals surface area contributed by atoms with Crippen molar-refractivity contribution in [2.75, 3.05) is 6.54 Å². The summed E-state index contributed by atoms with van der Waals surface area (Å²) >= 11 is 1.70. The lowest BCUT2D eigenvalue weighted by atomic mass is 10.1. The Morgan fingerprint density at radius 3 is 3.00 bits per heavy atom. The van der Waals surface area contributed by atoms with Crippen molar-refractivity contribution in [1.82, 2.24) is 15.1 Å². The highest BCUT2D eigenvalue weighted by molar-refractivity contribution is 7.09. The van der Waals surface area contributed by atoms with Gasteiger partial charge in [-0.2, -0.15) is 5.10 Å². The summed E-state index contributed by atoms with van der Waals surface area (Å²) in [5, 5.41) is 9.28. The molecule has 0 aromatic carbocycles. The van der Waals surface area contributed by atoms with E-state index in [-0.39, 0.29) is 11.8 Å². The Bertz CT molecular complexity index is 519. The zero-order chi connectivity index (χ0) is 13.7. The van der Waals surface area contributed by atoms with E-state index in [0.29, 0.717) is 13.1 Å². The number of carbonyl (C=O) groups excluding carboxylic acids is 1. The van der Waals surface area contributed by atoms with Crippen molar-refractivity contribution in [2.45, 2.75) is 26.8 Å². The molecule has 4 nitrogen and oxygen atoms in total. The van der Waals surface area contributed by atoms with E-state index in [1.165, 1.54) is 4.88 Å². The molecule has 2 aromatic heterocycles. The highest BCUT2D eigenvalue weighted by atomic mass is 32.1. The maximum Gasteiger partial charge on any atom is 0.223 e. The third-order valence-electron chi connectivity index (χ3n) is 2.95. The number of hydrogen-bond donors (Lipinski definition) is 1. The van der Waals surface area contributed by atoms with Gasteiger partial charge in [-0.05, 0) is 30.9 Å². The van der Waals surface area contributed by atoms with Gasteiger partial charge < -0.3 is 5.32 Å². The van der Waals surface area contributed by atoms with Crippen molar-refractivity contribution in [3.8, 4) is 0 Å². The van der Waals surface area contributed by atoms with E-state index in [1.54, 1.807) is 11.3 Å². The van der Waals surface area contributed by atoms with Crippen LogP contribution in [0, 0.1) is 12.8 Å². The molecule has 2 rings (SSSR count). The Balaban J connectivity index is 1.71. The minimum atomic E-state index is 0.0120. The summed E-state index contributed by atoms with van der Waals surface area (Å²) in [6.45, 7) is 5.26. The van der Waals surface area contributed by atoms with Crippen LogP contribution in [0.5, 0.6) is 0 Å². The highest BCUT2D eigenvalue weighted by Crippen LogP contribution is 2.14. The van der Waals surface area contributed by atoms with E-state index in [9.17, 15) is 4.79 Å². The van der Waals surface area contributed by atoms with Gasteiger partial charge in [0, 0.05) is 23.5 Å². The predicted molar refractivity (Wildman–Crippen MR) is 77.2 cm³/mol. The number of nitrogens with one attached hydrogen (secondary N) is 1. The standard InChI is InChI=1S/C14H19N3OS/c1-11(10-13-4-3-9-19-13)14(18)15-6-8-17-7-5-12(2)16-17/h3-5,7,9,11H,6,8,10H2,1-2H3,(H,15,18)/t11-/m0/s1. The first-order valence-corrected chi connectivity index (χ1v) is 7.33. The number of aromatic nitrogens is 2. The van der Waals surface area contributed by atoms with Crippen LogP contribution in [0.2, 0.25) is 0 Å². The second-order valence-electron chi connectivity index (χ2n) is 4.70. The normalized spacial score (nSPS) is 12.3. The molecule has 1 atom stereocenters. The molecular formula is C14H19N3OS. The minimum Gasteiger partial charge on any atom is -0.354 e. The lowest BCUT2D eigenvalue weighted by Gasteiger charge is -2.11. The Labute approximate surface area is 117 Å². The molecule has 0 aliphatic carbocycles. The van der Waals surface area contributed by atoms with Gasteiger partial charge in [0.05, 0.1) is 12.2 Å². The van der Waals surface area contributed by atoms with E-state index in [4.69, 9.17) is 0 Å². The average Bonchev–Trinajstić information content (AvgIpc) is 3.01. The van der Waals surface area contributed by atoms with Crippen LogP contribution < -0.4 is 5.32 Å². The van der Waals surface area contributed by atoms with Gasteiger partial charge in [0.15, 0.2) is 0 Å². The molecule has 0 bridgehead atoms. The van der Waals surface area contributed by atoms with Crippen molar-refractivity contribution < 1.29 is 4.79 Å². The summed E-state index contributed by atoms with van der Waals surface area (Å²) in [7, 11) is 0. The number of rotatable bonds is 6. The Morgan fingerprint density at radius 1 is 1.53 bits per heavy atom. The van der Waals surface area contributed by atoms with Crippen molar-refractivity contribution in [3.63, 3.8) is 0 Å². The molecule has 0 saturated heterocycles. The fraction of sp³-hybridized carbons (Fsp3) is 0.429. The number of nitrogens with zero attached hydrogens (tertiary/aromatic N) is 2. The summed E-state index contributed by atoms with van der Waals surface area (Å²) in [6.07, 6.45) is 2.74. The molecule has 19 heavy (non-hydrogen) atoms. The van der Waals surface area contributed by atoms with Crippen LogP contribution in [0.4, 0.5) is 0 Å². The lowest BCUT2D eigenvalue weighted by molar-refractivity contribution is -0.124. The molecule has 102 valence electrons. The largest absolute Gasteiger partial charge is 0.354 e. The van der Waals surface area contributed by atoms with Crippen LogP contribution >= 0.6 is 11.3 Å². The first kappa shape index (κ1) is 13.8. The molecule has 0 spiro atoms. The third kappa shape index (κ3) is 4.21. The number of amides is 1. The molecular weight excluding hydrogens is 258 g/mol. The van der Waals surface area contributed by atoms with Gasteiger partial charge in [0.2, 0.25) is 5.91 Å². The Kier molecular flexibility index (Phi) is 4.74. The lowest BCUT2D eigenvalue weighted by Crippen LogP contribution is -2.32. The summed E-state index contributed by atoms with van der Waals surface area (Å²) in [4.78, 5) is 13.2. The Hall–Kier alpha value is -1.62. The van der Waals surface area contributed by atoms with Crippen LogP contribution in [0.25, 0.3) is 0 Å². The molecule has 0 aliphatic rings. The fourth-order valence-corrected chi connectivity index (χ4v) is 2.71. The molecule has 1 N–H and O–H groups in total. The third-order valence-corrected chi connectivity index (χ3v) is 3.85. The summed E-state index contributed by atoms with van der Waals surface area (Å²) in [5.41, 5.74) is 0.998. The van der Waals surface area contributed by atoms with Gasteiger partial charge in [0.25, 0.3) is 0 Å². The summed E-state index contributed by atoms with van der Waals surface area (Å²) in [5.74, 6) is 0.121. The van der Waals surface area contributed by atoms with Crippen LogP contribution in [-0.4, -0.2) is 22.2 Å². The first-order chi connectivity index (χ1) is 9.15. The fourth-order valence-electron chi connectivity index (χ4n) is 1.88. The van der Waals surface area contributed by atoms with E-state index >= 15 is 0 Å². The highest BCUT2D eigenvalue weighted by Gasteiger charge is 2.13. The van der Waals surface area contributed by atoms with E-state index in [1.807, 2.05) is 42.2 Å². The average molecular weight is 277 g/mol. The van der Waals surface area contributed by atoms with Gasteiger partial charge in [-0.1, -0.05) is 13.0 Å². The summed E-state index contributed by atoms with van der Waals surface area (Å²) < 4.78 is 1.85. The van der Waals surface area contributed by atoms with Crippen LogP contribution in [-0.2, 0) is 17.8 Å². The molecule has 0 unspecified atom stereocenters. The minimum absolute atomic E-state index is 0.0120. The van der Waals surface area contributed by atoms with Crippen LogP contribution in [0.1, 0.15) is 17.5 Å². The molecule has 1 amide bonds. The quantitative estimate of drug-likeness (QED) is 0.880. The SMILES string of the molecule is Cc1ccn(CCNC(=O)[C@@H](C)Cc2cccs2)n1. The van der Waals surface area contributed by atoms with Gasteiger partial charge in [-0.3, -0.25) is 9.48 Å². The second-order valence-corrected chi connectivity index (χ2v) is 5.73. The monoisotopic (exact) mass is 277 g/mol. The van der Waals surface area contributed by atoms with Gasteiger partial charge in [-0.25, -0.2) is 0 Å². The molecule has 0 saturated carbocycles. The molecule has 2 heterocycles. The topological polar surface area (TPSA) is 46.9 Å². The van der Waals surface area contributed by atoms with Gasteiger partial charge >= 0.3 is 0 Å². The van der Waals surface area contributed by atoms with Crippen LogP contribution in [0.3, 0.4) is 0 Å². The van der Waals surface area contributed by atoms with E-state index in [2.05, 4.69) is 16.5 Å². The van der Waals surface area contributed by atoms with Crippen molar-refractivity contribution in [3.05, 3.63) is 40.3 Å². The number of thiophene rings is 1. The second kappa shape index (κ2) is 6.52. The molecule has 0 aliphatic heterocycles.